The lowest BCUT2D eigenvalue weighted by atomic mass is 10.1. The highest BCUT2D eigenvalue weighted by Gasteiger charge is 2.13. The first-order valence-corrected chi connectivity index (χ1v) is 20.5. The molecule has 4 heteroatoms. The van der Waals surface area contributed by atoms with Gasteiger partial charge in [-0.15, -0.1) is 0 Å². The van der Waals surface area contributed by atoms with Crippen molar-refractivity contribution < 1.29 is 19.4 Å². The summed E-state index contributed by atoms with van der Waals surface area (Å²) in [6.45, 7) is 5.18. The molecular weight excluding hydrogens is 604 g/mol. The van der Waals surface area contributed by atoms with Crippen LogP contribution in [0, 0.1) is 0 Å². The van der Waals surface area contributed by atoms with Crippen LogP contribution in [0.1, 0.15) is 181 Å². The van der Waals surface area contributed by atoms with E-state index < -0.39 is 6.10 Å². The summed E-state index contributed by atoms with van der Waals surface area (Å²) in [6.07, 6.45) is 56.7. The van der Waals surface area contributed by atoms with Gasteiger partial charge in [0.05, 0.1) is 13.2 Å². The number of esters is 1. The SMILES string of the molecule is CC/C=C\C/C=C\C/C=C\C/C=C\C/C=C\CCCCCC(=O)OC(CO)COCCCCCCCCCC/C=C\CCCCCCCC. The molecule has 0 aromatic heterocycles. The molecule has 0 rings (SSSR count). The minimum Gasteiger partial charge on any atom is -0.457 e. The number of carbonyl (C=O) groups excluding carboxylic acids is 1. The highest BCUT2D eigenvalue weighted by molar-refractivity contribution is 5.69. The standard InChI is InChI=1S/C45H78O4/c1-3-5-7-9-11-13-15-17-19-21-23-24-26-28-30-32-34-36-38-40-45(47)49-44(42-46)43-48-41-39-37-35-33-31-29-27-25-22-20-18-16-14-12-10-8-6-4-2/h5,7,11,13,17-20,23-24,28,30,44,46H,3-4,6,8-10,12,14-16,21-22,25-27,29,31-43H2,1-2H3/b7-5-,13-11-,19-17-,20-18-,24-23-,30-28-. The Kier molecular flexibility index (Phi) is 40.1. The van der Waals surface area contributed by atoms with E-state index in [0.717, 1.165) is 64.2 Å². The number of aliphatic hydroxyl groups is 1. The van der Waals surface area contributed by atoms with Crippen molar-refractivity contribution in [1.82, 2.24) is 0 Å². The van der Waals surface area contributed by atoms with Gasteiger partial charge in [0.1, 0.15) is 6.10 Å². The summed E-state index contributed by atoms with van der Waals surface area (Å²) >= 11 is 0. The smallest absolute Gasteiger partial charge is 0.306 e. The van der Waals surface area contributed by atoms with Gasteiger partial charge in [-0.3, -0.25) is 4.79 Å². The first-order chi connectivity index (χ1) is 24.2. The molecule has 0 amide bonds. The van der Waals surface area contributed by atoms with Gasteiger partial charge in [-0.1, -0.05) is 164 Å². The third kappa shape index (κ3) is 40.1. The second-order valence-corrected chi connectivity index (χ2v) is 13.3. The third-order valence-corrected chi connectivity index (χ3v) is 8.52. The van der Waals surface area contributed by atoms with Gasteiger partial charge in [-0.2, -0.15) is 0 Å². The number of allylic oxidation sites excluding steroid dienone is 12. The maximum Gasteiger partial charge on any atom is 0.306 e. The van der Waals surface area contributed by atoms with Crippen molar-refractivity contribution in [2.45, 2.75) is 187 Å². The molecule has 0 radical (unpaired) electrons. The Morgan fingerprint density at radius 3 is 1.41 bits per heavy atom. The molecule has 0 heterocycles. The zero-order valence-electron chi connectivity index (χ0n) is 32.2. The minimum absolute atomic E-state index is 0.190. The van der Waals surface area contributed by atoms with Gasteiger partial charge >= 0.3 is 5.97 Å². The predicted molar refractivity (Wildman–Crippen MR) is 214 cm³/mol. The maximum atomic E-state index is 12.2. The van der Waals surface area contributed by atoms with Crippen molar-refractivity contribution in [2.75, 3.05) is 19.8 Å². The summed E-state index contributed by atoms with van der Waals surface area (Å²) in [5.41, 5.74) is 0. The number of hydrogen-bond donors (Lipinski definition) is 1. The molecule has 0 saturated carbocycles. The van der Waals surface area contributed by atoms with Crippen LogP contribution in [0.25, 0.3) is 0 Å². The molecule has 282 valence electrons. The van der Waals surface area contributed by atoms with E-state index in [4.69, 9.17) is 9.47 Å². The number of carbonyl (C=O) groups is 1. The van der Waals surface area contributed by atoms with Crippen molar-refractivity contribution in [2.24, 2.45) is 0 Å². The zero-order valence-corrected chi connectivity index (χ0v) is 32.2. The summed E-state index contributed by atoms with van der Waals surface area (Å²) in [6, 6.07) is 0. The molecule has 0 aromatic rings. The fraction of sp³-hybridized carbons (Fsp3) is 0.711. The van der Waals surface area contributed by atoms with Crippen LogP contribution in [-0.4, -0.2) is 37.0 Å². The average molecular weight is 683 g/mol. The van der Waals surface area contributed by atoms with Crippen molar-refractivity contribution in [3.63, 3.8) is 0 Å². The van der Waals surface area contributed by atoms with E-state index in [-0.39, 0.29) is 19.2 Å². The molecule has 1 atom stereocenters. The Hall–Kier alpha value is -2.17. The molecule has 0 aromatic carbocycles. The van der Waals surface area contributed by atoms with Gasteiger partial charge in [-0.05, 0) is 83.5 Å². The van der Waals surface area contributed by atoms with Crippen LogP contribution in [0.15, 0.2) is 72.9 Å². The topological polar surface area (TPSA) is 55.8 Å². The fourth-order valence-corrected chi connectivity index (χ4v) is 5.47. The largest absolute Gasteiger partial charge is 0.457 e. The van der Waals surface area contributed by atoms with Crippen LogP contribution in [0.2, 0.25) is 0 Å². The number of unbranched alkanes of at least 4 members (excludes halogenated alkanes) is 17. The average Bonchev–Trinajstić information content (AvgIpc) is 3.11. The van der Waals surface area contributed by atoms with Gasteiger partial charge in [0.15, 0.2) is 0 Å². The Morgan fingerprint density at radius 1 is 0.510 bits per heavy atom. The summed E-state index contributed by atoms with van der Waals surface area (Å²) in [5, 5.41) is 9.59. The van der Waals surface area contributed by atoms with Crippen LogP contribution in [0.3, 0.4) is 0 Å². The van der Waals surface area contributed by atoms with Gasteiger partial charge in [0.2, 0.25) is 0 Å². The summed E-state index contributed by atoms with van der Waals surface area (Å²) in [4.78, 5) is 12.2. The molecule has 0 bridgehead atoms. The quantitative estimate of drug-likeness (QED) is 0.0402. The number of hydrogen-bond acceptors (Lipinski definition) is 4. The fourth-order valence-electron chi connectivity index (χ4n) is 5.47. The lowest BCUT2D eigenvalue weighted by Crippen LogP contribution is -2.27. The zero-order chi connectivity index (χ0) is 35.6. The van der Waals surface area contributed by atoms with Crippen LogP contribution < -0.4 is 0 Å². The monoisotopic (exact) mass is 683 g/mol. The molecular formula is C45H78O4. The van der Waals surface area contributed by atoms with Gasteiger partial charge in [-0.25, -0.2) is 0 Å². The Bertz CT molecular complexity index is 850. The van der Waals surface area contributed by atoms with Gasteiger partial charge in [0.25, 0.3) is 0 Å². The first kappa shape index (κ1) is 46.8. The lowest BCUT2D eigenvalue weighted by Gasteiger charge is -2.15. The molecule has 0 fully saturated rings. The summed E-state index contributed by atoms with van der Waals surface area (Å²) < 4.78 is 11.1. The molecule has 1 unspecified atom stereocenters. The molecule has 1 N–H and O–H groups in total. The van der Waals surface area contributed by atoms with E-state index in [1.54, 1.807) is 0 Å². The summed E-state index contributed by atoms with van der Waals surface area (Å²) in [7, 11) is 0. The lowest BCUT2D eigenvalue weighted by molar-refractivity contribution is -0.154. The first-order valence-electron chi connectivity index (χ1n) is 20.5. The Balaban J connectivity index is 3.53. The highest BCUT2D eigenvalue weighted by Crippen LogP contribution is 2.12. The van der Waals surface area contributed by atoms with Crippen LogP contribution in [-0.2, 0) is 14.3 Å². The molecule has 0 spiro atoms. The molecule has 49 heavy (non-hydrogen) atoms. The van der Waals surface area contributed by atoms with Crippen molar-refractivity contribution in [1.29, 1.82) is 0 Å². The second-order valence-electron chi connectivity index (χ2n) is 13.3. The van der Waals surface area contributed by atoms with Crippen molar-refractivity contribution in [3.8, 4) is 0 Å². The second kappa shape index (κ2) is 42.0. The number of ether oxygens (including phenoxy) is 2. The van der Waals surface area contributed by atoms with Gasteiger partial charge < -0.3 is 14.6 Å². The minimum atomic E-state index is -0.556. The molecule has 0 saturated heterocycles. The van der Waals surface area contributed by atoms with Crippen LogP contribution in [0.5, 0.6) is 0 Å². The molecule has 0 aliphatic heterocycles. The van der Waals surface area contributed by atoms with E-state index in [2.05, 4.69) is 86.8 Å². The molecule has 0 aliphatic rings. The summed E-state index contributed by atoms with van der Waals surface area (Å²) in [5.74, 6) is -0.235. The van der Waals surface area contributed by atoms with Crippen LogP contribution >= 0.6 is 0 Å². The van der Waals surface area contributed by atoms with Crippen molar-refractivity contribution >= 4 is 5.97 Å². The van der Waals surface area contributed by atoms with E-state index in [1.807, 2.05) is 0 Å². The maximum absolute atomic E-state index is 12.2. The third-order valence-electron chi connectivity index (χ3n) is 8.52. The Labute approximate surface area is 304 Å². The Morgan fingerprint density at radius 2 is 0.918 bits per heavy atom. The van der Waals surface area contributed by atoms with Crippen LogP contribution in [0.4, 0.5) is 0 Å². The van der Waals surface area contributed by atoms with Gasteiger partial charge in [0, 0.05) is 13.0 Å². The number of aliphatic hydroxyl groups excluding tert-OH is 1. The van der Waals surface area contributed by atoms with E-state index in [9.17, 15) is 9.90 Å². The van der Waals surface area contributed by atoms with Crippen molar-refractivity contribution in [3.05, 3.63) is 72.9 Å². The molecule has 0 aliphatic carbocycles. The normalized spacial score (nSPS) is 13.1. The molecule has 4 nitrogen and oxygen atoms in total. The van der Waals surface area contributed by atoms with E-state index in [0.29, 0.717) is 13.0 Å². The van der Waals surface area contributed by atoms with E-state index in [1.165, 1.54) is 96.3 Å². The van der Waals surface area contributed by atoms with E-state index >= 15 is 0 Å². The number of rotatable bonds is 37. The predicted octanol–water partition coefficient (Wildman–Crippen LogP) is 13.4. The highest BCUT2D eigenvalue weighted by atomic mass is 16.6.